The van der Waals surface area contributed by atoms with Crippen LogP contribution in [0.2, 0.25) is 0 Å². The Morgan fingerprint density at radius 1 is 1.13 bits per heavy atom. The van der Waals surface area contributed by atoms with Crippen molar-refractivity contribution in [2.45, 2.75) is 13.0 Å². The standard InChI is InChI=1S/C18H19N3O2/c1-21(2)14-9-7-13(8-10-14)12-19-18(22)11-16-15-5-3-4-6-17(15)23-20-16/h3-10H,11-12H2,1-2H3,(H,19,22). The number of fused-ring (bicyclic) bond motifs is 1. The first kappa shape index (κ1) is 15.1. The number of benzene rings is 2. The van der Waals surface area contributed by atoms with Gasteiger partial charge in [0.05, 0.1) is 6.42 Å². The average Bonchev–Trinajstić information content (AvgIpc) is 2.96. The molecule has 0 aliphatic rings. The third-order valence-electron chi connectivity index (χ3n) is 3.72. The van der Waals surface area contributed by atoms with Crippen molar-refractivity contribution in [1.29, 1.82) is 0 Å². The molecule has 0 bridgehead atoms. The van der Waals surface area contributed by atoms with E-state index in [9.17, 15) is 4.79 Å². The molecule has 0 radical (unpaired) electrons. The van der Waals surface area contributed by atoms with Crippen LogP contribution in [0.25, 0.3) is 11.0 Å². The van der Waals surface area contributed by atoms with Crippen molar-refractivity contribution in [1.82, 2.24) is 10.5 Å². The summed E-state index contributed by atoms with van der Waals surface area (Å²) in [6.45, 7) is 0.502. The second-order valence-corrected chi connectivity index (χ2v) is 5.64. The van der Waals surface area contributed by atoms with Crippen LogP contribution in [0.15, 0.2) is 53.1 Å². The van der Waals surface area contributed by atoms with Gasteiger partial charge in [-0.2, -0.15) is 0 Å². The lowest BCUT2D eigenvalue weighted by Gasteiger charge is -2.12. The van der Waals surface area contributed by atoms with E-state index < -0.39 is 0 Å². The summed E-state index contributed by atoms with van der Waals surface area (Å²) in [5, 5.41) is 7.78. The van der Waals surface area contributed by atoms with Gasteiger partial charge in [-0.15, -0.1) is 0 Å². The number of carbonyl (C=O) groups excluding carboxylic acids is 1. The summed E-state index contributed by atoms with van der Waals surface area (Å²) in [5.41, 5.74) is 3.57. The van der Waals surface area contributed by atoms with E-state index in [1.54, 1.807) is 0 Å². The number of anilines is 1. The summed E-state index contributed by atoms with van der Waals surface area (Å²) in [4.78, 5) is 14.1. The topological polar surface area (TPSA) is 58.4 Å². The first-order valence-electron chi connectivity index (χ1n) is 7.50. The van der Waals surface area contributed by atoms with Gasteiger partial charge in [-0.25, -0.2) is 0 Å². The lowest BCUT2D eigenvalue weighted by atomic mass is 10.1. The number of amides is 1. The zero-order valence-corrected chi connectivity index (χ0v) is 13.2. The summed E-state index contributed by atoms with van der Waals surface area (Å²) in [6.07, 6.45) is 0.215. The van der Waals surface area contributed by atoms with Crippen LogP contribution in [-0.4, -0.2) is 25.2 Å². The zero-order valence-electron chi connectivity index (χ0n) is 13.2. The molecule has 0 unspecified atom stereocenters. The van der Waals surface area contributed by atoms with E-state index in [-0.39, 0.29) is 12.3 Å². The third-order valence-corrected chi connectivity index (χ3v) is 3.72. The molecule has 1 N–H and O–H groups in total. The van der Waals surface area contributed by atoms with Gasteiger partial charge in [0, 0.05) is 31.7 Å². The fourth-order valence-corrected chi connectivity index (χ4v) is 2.39. The highest BCUT2D eigenvalue weighted by Crippen LogP contribution is 2.18. The van der Waals surface area contributed by atoms with E-state index in [0.29, 0.717) is 17.8 Å². The van der Waals surface area contributed by atoms with Crippen LogP contribution >= 0.6 is 0 Å². The highest BCUT2D eigenvalue weighted by Gasteiger charge is 2.11. The summed E-state index contributed by atoms with van der Waals surface area (Å²) < 4.78 is 5.21. The minimum atomic E-state index is -0.0688. The van der Waals surface area contributed by atoms with E-state index in [0.717, 1.165) is 16.6 Å². The van der Waals surface area contributed by atoms with E-state index in [1.165, 1.54) is 0 Å². The number of para-hydroxylation sites is 1. The van der Waals surface area contributed by atoms with E-state index in [4.69, 9.17) is 4.52 Å². The molecule has 118 valence electrons. The maximum Gasteiger partial charge on any atom is 0.226 e. The lowest BCUT2D eigenvalue weighted by Crippen LogP contribution is -2.24. The van der Waals surface area contributed by atoms with E-state index in [1.807, 2.05) is 67.5 Å². The van der Waals surface area contributed by atoms with Crippen molar-refractivity contribution in [2.75, 3.05) is 19.0 Å². The monoisotopic (exact) mass is 309 g/mol. The van der Waals surface area contributed by atoms with Crippen molar-refractivity contribution in [3.63, 3.8) is 0 Å². The van der Waals surface area contributed by atoms with Gasteiger partial charge >= 0.3 is 0 Å². The molecular formula is C18H19N3O2. The van der Waals surface area contributed by atoms with Crippen molar-refractivity contribution in [2.24, 2.45) is 0 Å². The van der Waals surface area contributed by atoms with Gasteiger partial charge in [0.1, 0.15) is 5.69 Å². The van der Waals surface area contributed by atoms with Crippen molar-refractivity contribution < 1.29 is 9.32 Å². The molecule has 1 aromatic heterocycles. The minimum absolute atomic E-state index is 0.0688. The van der Waals surface area contributed by atoms with Gasteiger partial charge in [0.15, 0.2) is 5.58 Å². The van der Waals surface area contributed by atoms with Gasteiger partial charge in [-0.1, -0.05) is 29.4 Å². The van der Waals surface area contributed by atoms with Crippen LogP contribution < -0.4 is 10.2 Å². The Kier molecular flexibility index (Phi) is 4.28. The second-order valence-electron chi connectivity index (χ2n) is 5.64. The first-order chi connectivity index (χ1) is 11.1. The number of hydrogen-bond donors (Lipinski definition) is 1. The number of nitrogens with zero attached hydrogens (tertiary/aromatic N) is 2. The molecular weight excluding hydrogens is 290 g/mol. The van der Waals surface area contributed by atoms with Gasteiger partial charge in [0.25, 0.3) is 0 Å². The Morgan fingerprint density at radius 3 is 2.61 bits per heavy atom. The first-order valence-corrected chi connectivity index (χ1v) is 7.50. The highest BCUT2D eigenvalue weighted by molar-refractivity contribution is 5.86. The quantitative estimate of drug-likeness (QED) is 0.787. The summed E-state index contributed by atoms with van der Waals surface area (Å²) in [5.74, 6) is -0.0688. The molecule has 3 aromatic rings. The largest absolute Gasteiger partial charge is 0.378 e. The summed E-state index contributed by atoms with van der Waals surface area (Å²) in [6, 6.07) is 15.6. The number of nitrogens with one attached hydrogen (secondary N) is 1. The van der Waals surface area contributed by atoms with Gasteiger partial charge in [-0.05, 0) is 29.8 Å². The predicted molar refractivity (Wildman–Crippen MR) is 90.3 cm³/mol. The maximum atomic E-state index is 12.1. The molecule has 5 heteroatoms. The predicted octanol–water partition coefficient (Wildman–Crippen LogP) is 2.75. The Bertz CT molecular complexity index is 807. The third kappa shape index (κ3) is 3.51. The number of aromatic nitrogens is 1. The second kappa shape index (κ2) is 6.52. The van der Waals surface area contributed by atoms with Crippen LogP contribution in [0.1, 0.15) is 11.3 Å². The molecule has 0 saturated carbocycles. The van der Waals surface area contributed by atoms with Gasteiger partial charge < -0.3 is 14.7 Å². The number of carbonyl (C=O) groups is 1. The molecule has 0 aliphatic carbocycles. The molecule has 5 nitrogen and oxygen atoms in total. The Morgan fingerprint density at radius 2 is 1.87 bits per heavy atom. The molecule has 0 saturated heterocycles. The van der Waals surface area contributed by atoms with Crippen LogP contribution in [0.5, 0.6) is 0 Å². The maximum absolute atomic E-state index is 12.1. The summed E-state index contributed by atoms with van der Waals surface area (Å²) >= 11 is 0. The lowest BCUT2D eigenvalue weighted by molar-refractivity contribution is -0.120. The van der Waals surface area contributed by atoms with Crippen molar-refractivity contribution in [3.05, 3.63) is 59.8 Å². The van der Waals surface area contributed by atoms with E-state index >= 15 is 0 Å². The fraction of sp³-hybridized carbons (Fsp3) is 0.222. The molecule has 0 aliphatic heterocycles. The van der Waals surface area contributed by atoms with Crippen LogP contribution in [0, 0.1) is 0 Å². The average molecular weight is 309 g/mol. The Balaban J connectivity index is 1.59. The van der Waals surface area contributed by atoms with E-state index in [2.05, 4.69) is 10.5 Å². The molecule has 3 rings (SSSR count). The molecule has 1 amide bonds. The molecule has 2 aromatic carbocycles. The summed E-state index contributed by atoms with van der Waals surface area (Å²) in [7, 11) is 4.00. The normalized spacial score (nSPS) is 10.7. The highest BCUT2D eigenvalue weighted by atomic mass is 16.5. The van der Waals surface area contributed by atoms with Crippen LogP contribution in [0.3, 0.4) is 0 Å². The Hall–Kier alpha value is -2.82. The SMILES string of the molecule is CN(C)c1ccc(CNC(=O)Cc2noc3ccccc23)cc1. The Labute approximate surface area is 134 Å². The van der Waals surface area contributed by atoms with Gasteiger partial charge in [-0.3, -0.25) is 4.79 Å². The van der Waals surface area contributed by atoms with Crippen LogP contribution in [-0.2, 0) is 17.8 Å². The minimum Gasteiger partial charge on any atom is -0.378 e. The number of rotatable bonds is 5. The van der Waals surface area contributed by atoms with Crippen molar-refractivity contribution in [3.8, 4) is 0 Å². The fourth-order valence-electron chi connectivity index (χ4n) is 2.39. The molecule has 1 heterocycles. The van der Waals surface area contributed by atoms with Gasteiger partial charge in [0.2, 0.25) is 5.91 Å². The number of hydrogen-bond acceptors (Lipinski definition) is 4. The smallest absolute Gasteiger partial charge is 0.226 e. The zero-order chi connectivity index (χ0) is 16.2. The molecule has 0 atom stereocenters. The van der Waals surface area contributed by atoms with Crippen LogP contribution in [0.4, 0.5) is 5.69 Å². The van der Waals surface area contributed by atoms with Crippen molar-refractivity contribution >= 4 is 22.6 Å². The molecule has 23 heavy (non-hydrogen) atoms. The molecule has 0 spiro atoms. The molecule has 0 fully saturated rings.